The number of halogens is 1. The maximum absolute atomic E-state index is 6.09. The Morgan fingerprint density at radius 1 is 1.30 bits per heavy atom. The van der Waals surface area contributed by atoms with Crippen molar-refractivity contribution in [2.45, 2.75) is 26.7 Å². The number of rotatable bonds is 4. The molecule has 1 fully saturated rings. The second-order valence-corrected chi connectivity index (χ2v) is 6.37. The van der Waals surface area contributed by atoms with E-state index in [1.54, 1.807) is 24.7 Å². The fourth-order valence-electron chi connectivity index (χ4n) is 2.91. The first-order chi connectivity index (χ1) is 11.1. The fourth-order valence-corrected chi connectivity index (χ4v) is 3.09. The number of nitrogens with zero attached hydrogens (tertiary/aromatic N) is 4. The molecule has 2 aromatic heterocycles. The van der Waals surface area contributed by atoms with Crippen LogP contribution < -0.4 is 9.64 Å². The number of ether oxygens (including phenoxy) is 1. The molecule has 5 nitrogen and oxygen atoms in total. The zero-order valence-corrected chi connectivity index (χ0v) is 14.3. The summed E-state index contributed by atoms with van der Waals surface area (Å²) in [7, 11) is 0. The van der Waals surface area contributed by atoms with E-state index in [9.17, 15) is 0 Å². The Labute approximate surface area is 141 Å². The van der Waals surface area contributed by atoms with Gasteiger partial charge >= 0.3 is 0 Å². The van der Waals surface area contributed by atoms with Crippen molar-refractivity contribution in [3.05, 3.63) is 40.9 Å². The van der Waals surface area contributed by atoms with Crippen molar-refractivity contribution in [3.63, 3.8) is 0 Å². The van der Waals surface area contributed by atoms with Gasteiger partial charge in [-0.2, -0.15) is 0 Å². The van der Waals surface area contributed by atoms with Crippen LogP contribution in [-0.2, 0) is 0 Å². The maximum Gasteiger partial charge on any atom is 0.232 e. The van der Waals surface area contributed by atoms with Crippen LogP contribution in [-0.4, -0.2) is 34.6 Å². The van der Waals surface area contributed by atoms with Crippen LogP contribution in [0.4, 0.5) is 5.82 Å². The van der Waals surface area contributed by atoms with Gasteiger partial charge in [-0.3, -0.25) is 0 Å². The number of hydrogen-bond donors (Lipinski definition) is 0. The molecular formula is C17H21ClN4O. The third-order valence-electron chi connectivity index (χ3n) is 4.31. The van der Waals surface area contributed by atoms with E-state index in [0.29, 0.717) is 23.4 Å². The molecule has 1 unspecified atom stereocenters. The highest BCUT2D eigenvalue weighted by atomic mass is 35.5. The molecule has 1 atom stereocenters. The number of aromatic nitrogens is 3. The average molecular weight is 333 g/mol. The van der Waals surface area contributed by atoms with Crippen molar-refractivity contribution in [3.8, 4) is 5.88 Å². The van der Waals surface area contributed by atoms with E-state index in [1.165, 1.54) is 0 Å². The van der Waals surface area contributed by atoms with Crippen LogP contribution in [0, 0.1) is 19.8 Å². The largest absolute Gasteiger partial charge is 0.476 e. The first kappa shape index (κ1) is 16.0. The van der Waals surface area contributed by atoms with Crippen molar-refractivity contribution in [2.24, 2.45) is 5.92 Å². The smallest absolute Gasteiger partial charge is 0.232 e. The van der Waals surface area contributed by atoms with E-state index in [1.807, 2.05) is 6.92 Å². The Bertz CT molecular complexity index is 679. The van der Waals surface area contributed by atoms with Gasteiger partial charge in [0.1, 0.15) is 17.2 Å². The second-order valence-electron chi connectivity index (χ2n) is 5.96. The molecule has 3 heterocycles. The van der Waals surface area contributed by atoms with Gasteiger partial charge in [0.25, 0.3) is 0 Å². The quantitative estimate of drug-likeness (QED) is 0.858. The molecule has 2 aromatic rings. The molecule has 122 valence electrons. The molecule has 3 rings (SSSR count). The summed E-state index contributed by atoms with van der Waals surface area (Å²) in [5.41, 5.74) is 2.19. The molecule has 0 saturated carbocycles. The van der Waals surface area contributed by atoms with Gasteiger partial charge in [-0.05, 0) is 38.8 Å². The Kier molecular flexibility index (Phi) is 4.96. The fraction of sp³-hybridized carbons (Fsp3) is 0.471. The van der Waals surface area contributed by atoms with Crippen LogP contribution in [0.25, 0.3) is 0 Å². The summed E-state index contributed by atoms with van der Waals surface area (Å²) in [4.78, 5) is 15.2. The SMILES string of the molecule is Cc1ncnc(N2CCCC(COc3ncccc3Cl)C2)c1C. The number of aryl methyl sites for hydroxylation is 1. The first-order valence-electron chi connectivity index (χ1n) is 7.91. The van der Waals surface area contributed by atoms with Crippen LogP contribution >= 0.6 is 11.6 Å². The third kappa shape index (κ3) is 3.72. The van der Waals surface area contributed by atoms with Gasteiger partial charge < -0.3 is 9.64 Å². The van der Waals surface area contributed by atoms with E-state index in [4.69, 9.17) is 16.3 Å². The number of pyridine rings is 1. The Morgan fingerprint density at radius 3 is 3.00 bits per heavy atom. The lowest BCUT2D eigenvalue weighted by Crippen LogP contribution is -2.38. The summed E-state index contributed by atoms with van der Waals surface area (Å²) in [6.45, 7) is 6.68. The summed E-state index contributed by atoms with van der Waals surface area (Å²) in [6, 6.07) is 3.60. The van der Waals surface area contributed by atoms with Crippen molar-refractivity contribution in [1.29, 1.82) is 0 Å². The predicted molar refractivity (Wildman–Crippen MR) is 91.2 cm³/mol. The van der Waals surface area contributed by atoms with Gasteiger partial charge in [0.2, 0.25) is 5.88 Å². The minimum Gasteiger partial charge on any atom is -0.476 e. The van der Waals surface area contributed by atoms with Crippen molar-refractivity contribution in [2.75, 3.05) is 24.6 Å². The standard InChI is InChI=1S/C17H21ClN4O/c1-12-13(2)20-11-21-16(12)22-8-4-5-14(9-22)10-23-17-15(18)6-3-7-19-17/h3,6-7,11,14H,4-5,8-10H2,1-2H3. The van der Waals surface area contributed by atoms with E-state index >= 15 is 0 Å². The van der Waals surface area contributed by atoms with E-state index in [0.717, 1.165) is 43.0 Å². The zero-order valence-electron chi connectivity index (χ0n) is 13.5. The molecular weight excluding hydrogens is 312 g/mol. The number of piperidine rings is 1. The second kappa shape index (κ2) is 7.13. The van der Waals surface area contributed by atoms with Gasteiger partial charge in [-0.1, -0.05) is 11.6 Å². The molecule has 23 heavy (non-hydrogen) atoms. The summed E-state index contributed by atoms with van der Waals surface area (Å²) < 4.78 is 5.81. The van der Waals surface area contributed by atoms with Crippen molar-refractivity contribution >= 4 is 17.4 Å². The Balaban J connectivity index is 1.64. The Hall–Kier alpha value is -1.88. The zero-order chi connectivity index (χ0) is 16.2. The highest BCUT2D eigenvalue weighted by molar-refractivity contribution is 6.31. The third-order valence-corrected chi connectivity index (χ3v) is 4.60. The van der Waals surface area contributed by atoms with Gasteiger partial charge in [-0.25, -0.2) is 15.0 Å². The Morgan fingerprint density at radius 2 is 2.17 bits per heavy atom. The molecule has 0 spiro atoms. The summed E-state index contributed by atoms with van der Waals surface area (Å²) >= 11 is 6.09. The molecule has 0 aliphatic carbocycles. The van der Waals surface area contributed by atoms with Gasteiger partial charge in [0.15, 0.2) is 0 Å². The molecule has 0 bridgehead atoms. The first-order valence-corrected chi connectivity index (χ1v) is 8.29. The van der Waals surface area contributed by atoms with Gasteiger partial charge in [0.05, 0.1) is 6.61 Å². The van der Waals surface area contributed by atoms with Gasteiger partial charge in [0, 0.05) is 36.5 Å². The van der Waals surface area contributed by atoms with E-state index in [-0.39, 0.29) is 0 Å². The lowest BCUT2D eigenvalue weighted by molar-refractivity contribution is 0.221. The highest BCUT2D eigenvalue weighted by Crippen LogP contribution is 2.26. The molecule has 6 heteroatoms. The average Bonchev–Trinajstić information content (AvgIpc) is 2.57. The summed E-state index contributed by atoms with van der Waals surface area (Å²) in [5.74, 6) is 2.00. The maximum atomic E-state index is 6.09. The topological polar surface area (TPSA) is 51.1 Å². The van der Waals surface area contributed by atoms with Crippen molar-refractivity contribution < 1.29 is 4.74 Å². The van der Waals surface area contributed by atoms with E-state index < -0.39 is 0 Å². The lowest BCUT2D eigenvalue weighted by Gasteiger charge is -2.34. The summed E-state index contributed by atoms with van der Waals surface area (Å²) in [5, 5.41) is 0.558. The molecule has 0 amide bonds. The predicted octanol–water partition coefficient (Wildman–Crippen LogP) is 3.44. The minimum atomic E-state index is 0.441. The van der Waals surface area contributed by atoms with E-state index in [2.05, 4.69) is 26.8 Å². The molecule has 0 N–H and O–H groups in total. The molecule has 0 aromatic carbocycles. The highest BCUT2D eigenvalue weighted by Gasteiger charge is 2.23. The van der Waals surface area contributed by atoms with Crippen molar-refractivity contribution in [1.82, 2.24) is 15.0 Å². The molecule has 0 radical (unpaired) electrons. The normalized spacial score (nSPS) is 18.0. The monoisotopic (exact) mass is 332 g/mol. The van der Waals surface area contributed by atoms with Gasteiger partial charge in [-0.15, -0.1) is 0 Å². The van der Waals surface area contributed by atoms with Crippen LogP contribution in [0.3, 0.4) is 0 Å². The van der Waals surface area contributed by atoms with Crippen LogP contribution in [0.5, 0.6) is 5.88 Å². The van der Waals surface area contributed by atoms with Crippen LogP contribution in [0.1, 0.15) is 24.1 Å². The molecule has 1 aliphatic rings. The molecule has 1 aliphatic heterocycles. The van der Waals surface area contributed by atoms with Crippen LogP contribution in [0.15, 0.2) is 24.7 Å². The van der Waals surface area contributed by atoms with Crippen LogP contribution in [0.2, 0.25) is 5.02 Å². The minimum absolute atomic E-state index is 0.441. The summed E-state index contributed by atoms with van der Waals surface area (Å²) in [6.07, 6.45) is 5.61. The lowest BCUT2D eigenvalue weighted by atomic mass is 9.98. The molecule has 1 saturated heterocycles. The number of anilines is 1. The number of hydrogen-bond acceptors (Lipinski definition) is 5.